The summed E-state index contributed by atoms with van der Waals surface area (Å²) in [5.41, 5.74) is -1.42. The van der Waals surface area contributed by atoms with Crippen LogP contribution in [-0.2, 0) is 6.18 Å². The second-order valence-electron chi connectivity index (χ2n) is 6.64. The Hall–Kier alpha value is -3.14. The largest absolute Gasteiger partial charge is 0.434 e. The first-order valence-electron chi connectivity index (χ1n) is 9.06. The van der Waals surface area contributed by atoms with Crippen LogP contribution in [0.4, 0.5) is 19.0 Å². The number of halogens is 4. The molecule has 7 nitrogen and oxygen atoms in total. The summed E-state index contributed by atoms with van der Waals surface area (Å²) in [6.45, 7) is 1.41. The van der Waals surface area contributed by atoms with Gasteiger partial charge in [-0.15, -0.1) is 0 Å². The molecule has 4 rings (SSSR count). The molecule has 2 aromatic heterocycles. The van der Waals surface area contributed by atoms with Crippen molar-refractivity contribution < 1.29 is 18.0 Å². The van der Waals surface area contributed by atoms with Crippen LogP contribution in [0.2, 0.25) is 5.02 Å². The first kappa shape index (κ1) is 20.1. The van der Waals surface area contributed by atoms with Crippen molar-refractivity contribution in [2.45, 2.75) is 6.18 Å². The lowest BCUT2D eigenvalue weighted by Gasteiger charge is -2.35. The maximum Gasteiger partial charge on any atom is 0.434 e. The molecule has 1 aliphatic heterocycles. The minimum atomic E-state index is -4.76. The molecule has 0 aliphatic carbocycles. The smallest absolute Gasteiger partial charge is 0.352 e. The van der Waals surface area contributed by atoms with Gasteiger partial charge in [-0.2, -0.15) is 18.3 Å². The van der Waals surface area contributed by atoms with E-state index in [0.717, 1.165) is 10.9 Å². The van der Waals surface area contributed by atoms with Crippen molar-refractivity contribution >= 4 is 23.3 Å². The van der Waals surface area contributed by atoms with Crippen LogP contribution in [0.25, 0.3) is 5.69 Å². The van der Waals surface area contributed by atoms with Crippen molar-refractivity contribution in [3.8, 4) is 5.69 Å². The number of carbonyl (C=O) groups is 1. The second kappa shape index (κ2) is 7.94. The van der Waals surface area contributed by atoms with E-state index in [1.165, 1.54) is 29.2 Å². The third kappa shape index (κ3) is 3.95. The van der Waals surface area contributed by atoms with E-state index < -0.39 is 23.3 Å². The number of hydrogen-bond acceptors (Lipinski definition) is 5. The number of rotatable bonds is 3. The molecule has 3 heterocycles. The minimum Gasteiger partial charge on any atom is -0.352 e. The molecule has 0 unspecified atom stereocenters. The zero-order chi connectivity index (χ0) is 21.3. The lowest BCUT2D eigenvalue weighted by molar-refractivity contribution is -0.143. The average Bonchev–Trinajstić information content (AvgIpc) is 3.20. The number of anilines is 1. The molecule has 3 aromatic rings. The fraction of sp³-hybridized carbons (Fsp3) is 0.263. The fourth-order valence-corrected chi connectivity index (χ4v) is 3.45. The summed E-state index contributed by atoms with van der Waals surface area (Å²) in [4.78, 5) is 24.5. The summed E-state index contributed by atoms with van der Waals surface area (Å²) in [5.74, 6) is -0.0440. The summed E-state index contributed by atoms with van der Waals surface area (Å²) in [5, 5.41) is 4.22. The van der Waals surface area contributed by atoms with Crippen molar-refractivity contribution in [3.63, 3.8) is 0 Å². The molecular formula is C19H16ClF3N6O. The topological polar surface area (TPSA) is 67.2 Å². The number of aromatic nitrogens is 4. The zero-order valence-corrected chi connectivity index (χ0v) is 16.3. The molecule has 156 valence electrons. The number of alkyl halides is 3. The number of piperazine rings is 1. The van der Waals surface area contributed by atoms with E-state index in [1.54, 1.807) is 18.6 Å². The Balaban J connectivity index is 1.58. The van der Waals surface area contributed by atoms with Crippen LogP contribution in [-0.4, -0.2) is 56.7 Å². The highest BCUT2D eigenvalue weighted by molar-refractivity contribution is 6.30. The number of benzene rings is 1. The number of hydrogen-bond donors (Lipinski definition) is 0. The highest BCUT2D eigenvalue weighted by Gasteiger charge is 2.41. The van der Waals surface area contributed by atoms with Gasteiger partial charge in [0.1, 0.15) is 5.82 Å². The number of amides is 1. The van der Waals surface area contributed by atoms with Crippen LogP contribution in [0.15, 0.2) is 49.1 Å². The van der Waals surface area contributed by atoms with Crippen molar-refractivity contribution in [3.05, 3.63) is 65.3 Å². The summed E-state index contributed by atoms with van der Waals surface area (Å²) in [6, 6.07) is 5.76. The minimum absolute atomic E-state index is 0.165. The molecule has 1 amide bonds. The molecule has 1 aliphatic rings. The predicted molar refractivity (Wildman–Crippen MR) is 104 cm³/mol. The van der Waals surface area contributed by atoms with Gasteiger partial charge in [0.2, 0.25) is 0 Å². The Morgan fingerprint density at radius 2 is 1.70 bits per heavy atom. The van der Waals surface area contributed by atoms with E-state index in [0.29, 0.717) is 23.9 Å². The van der Waals surface area contributed by atoms with Crippen LogP contribution in [0.3, 0.4) is 0 Å². The van der Waals surface area contributed by atoms with Crippen molar-refractivity contribution in [2.75, 3.05) is 31.1 Å². The quantitative estimate of drug-likeness (QED) is 0.630. The number of nitrogens with zero attached hydrogens (tertiary/aromatic N) is 6. The Labute approximate surface area is 174 Å². The summed E-state index contributed by atoms with van der Waals surface area (Å²) >= 11 is 5.82. The molecule has 1 aromatic carbocycles. The molecule has 0 atom stereocenters. The Morgan fingerprint density at radius 3 is 2.30 bits per heavy atom. The highest BCUT2D eigenvalue weighted by Crippen LogP contribution is 2.34. The van der Waals surface area contributed by atoms with E-state index in [-0.39, 0.29) is 18.8 Å². The van der Waals surface area contributed by atoms with Crippen LogP contribution < -0.4 is 4.90 Å². The molecule has 30 heavy (non-hydrogen) atoms. The molecule has 1 saturated heterocycles. The van der Waals surface area contributed by atoms with E-state index in [9.17, 15) is 18.0 Å². The fourth-order valence-electron chi connectivity index (χ4n) is 3.32. The Bertz CT molecular complexity index is 1030. The Kier molecular flexibility index (Phi) is 5.33. The summed E-state index contributed by atoms with van der Waals surface area (Å²) < 4.78 is 42.2. The summed E-state index contributed by atoms with van der Waals surface area (Å²) in [6.07, 6.45) is 0.931. The van der Waals surface area contributed by atoms with E-state index >= 15 is 0 Å². The van der Waals surface area contributed by atoms with Gasteiger partial charge >= 0.3 is 6.18 Å². The lowest BCUT2D eigenvalue weighted by Crippen LogP contribution is -2.49. The molecular weight excluding hydrogens is 421 g/mol. The standard InChI is InChI=1S/C19H16ClF3N6O/c20-13-1-3-14(4-2-13)29-17(19(21,22)23)15(11-26-29)18(30)28-9-7-27(8-10-28)16-12-24-5-6-25-16/h1-6,11-12H,7-10H2. The first-order valence-corrected chi connectivity index (χ1v) is 9.44. The van der Waals surface area contributed by atoms with E-state index in [1.807, 2.05) is 4.90 Å². The van der Waals surface area contributed by atoms with Crippen LogP contribution in [0.1, 0.15) is 16.1 Å². The second-order valence-corrected chi connectivity index (χ2v) is 7.07. The number of carbonyl (C=O) groups excluding carboxylic acids is 1. The van der Waals surface area contributed by atoms with Gasteiger partial charge in [0.05, 0.1) is 23.6 Å². The van der Waals surface area contributed by atoms with Gasteiger partial charge in [-0.25, -0.2) is 9.67 Å². The first-order chi connectivity index (χ1) is 14.3. The highest BCUT2D eigenvalue weighted by atomic mass is 35.5. The zero-order valence-electron chi connectivity index (χ0n) is 15.6. The van der Waals surface area contributed by atoms with Crippen LogP contribution in [0, 0.1) is 0 Å². The maximum atomic E-state index is 13.8. The average molecular weight is 437 g/mol. The molecule has 0 radical (unpaired) electrons. The van der Waals surface area contributed by atoms with Crippen molar-refractivity contribution in [2.24, 2.45) is 0 Å². The molecule has 0 spiro atoms. The van der Waals surface area contributed by atoms with E-state index in [4.69, 9.17) is 11.6 Å². The van der Waals surface area contributed by atoms with Gasteiger partial charge in [0.25, 0.3) is 5.91 Å². The third-order valence-electron chi connectivity index (χ3n) is 4.78. The maximum absolute atomic E-state index is 13.8. The van der Waals surface area contributed by atoms with Gasteiger partial charge in [-0.3, -0.25) is 9.78 Å². The Morgan fingerprint density at radius 1 is 1.00 bits per heavy atom. The lowest BCUT2D eigenvalue weighted by atomic mass is 10.2. The third-order valence-corrected chi connectivity index (χ3v) is 5.03. The van der Waals surface area contributed by atoms with Gasteiger partial charge in [0, 0.05) is 43.6 Å². The van der Waals surface area contributed by atoms with Gasteiger partial charge in [0.15, 0.2) is 5.69 Å². The van der Waals surface area contributed by atoms with Crippen molar-refractivity contribution in [1.29, 1.82) is 0 Å². The normalized spacial score (nSPS) is 14.8. The predicted octanol–water partition coefficient (Wildman–Crippen LogP) is 3.30. The van der Waals surface area contributed by atoms with E-state index in [2.05, 4.69) is 15.1 Å². The summed E-state index contributed by atoms with van der Waals surface area (Å²) in [7, 11) is 0. The molecule has 1 fully saturated rings. The molecule has 0 N–H and O–H groups in total. The van der Waals surface area contributed by atoms with Crippen molar-refractivity contribution in [1.82, 2.24) is 24.6 Å². The SMILES string of the molecule is O=C(c1cnn(-c2ccc(Cl)cc2)c1C(F)(F)F)N1CCN(c2cnccn2)CC1. The van der Waals surface area contributed by atoms with Crippen LogP contribution in [0.5, 0.6) is 0 Å². The van der Waals surface area contributed by atoms with Gasteiger partial charge < -0.3 is 9.80 Å². The monoisotopic (exact) mass is 436 g/mol. The van der Waals surface area contributed by atoms with Crippen LogP contribution >= 0.6 is 11.6 Å². The molecule has 11 heteroatoms. The van der Waals surface area contributed by atoms with Gasteiger partial charge in [-0.1, -0.05) is 11.6 Å². The molecule has 0 saturated carbocycles. The van der Waals surface area contributed by atoms with Gasteiger partial charge in [-0.05, 0) is 24.3 Å². The molecule has 0 bridgehead atoms.